The van der Waals surface area contributed by atoms with Crippen molar-refractivity contribution in [2.24, 2.45) is 4.99 Å². The zero-order valence-corrected chi connectivity index (χ0v) is 14.5. The van der Waals surface area contributed by atoms with Gasteiger partial charge >= 0.3 is 0 Å². The second-order valence-electron chi connectivity index (χ2n) is 6.31. The Balaban J connectivity index is 1.96. The van der Waals surface area contributed by atoms with E-state index >= 15 is 0 Å². The Morgan fingerprint density at radius 2 is 1.77 bits per heavy atom. The molecule has 2 aromatic rings. The SMILES string of the molecule is CC1(C)COC(C(Cc2ccccc2Br)c2ccccc2)=N1. The van der Waals surface area contributed by atoms with E-state index in [4.69, 9.17) is 9.73 Å². The van der Waals surface area contributed by atoms with Gasteiger partial charge < -0.3 is 4.74 Å². The molecule has 1 aliphatic heterocycles. The smallest absolute Gasteiger partial charge is 0.192 e. The van der Waals surface area contributed by atoms with Crippen LogP contribution in [0.1, 0.15) is 30.9 Å². The third-order valence-electron chi connectivity index (χ3n) is 3.87. The minimum absolute atomic E-state index is 0.129. The van der Waals surface area contributed by atoms with Crippen LogP contribution in [0.15, 0.2) is 64.1 Å². The van der Waals surface area contributed by atoms with Crippen LogP contribution in [0, 0.1) is 0 Å². The van der Waals surface area contributed by atoms with E-state index in [9.17, 15) is 0 Å². The predicted molar refractivity (Wildman–Crippen MR) is 94.5 cm³/mol. The molecule has 0 bridgehead atoms. The van der Waals surface area contributed by atoms with Gasteiger partial charge in [0, 0.05) is 4.47 Å². The quantitative estimate of drug-likeness (QED) is 0.755. The first-order chi connectivity index (χ1) is 10.6. The van der Waals surface area contributed by atoms with Crippen LogP contribution < -0.4 is 0 Å². The van der Waals surface area contributed by atoms with Crippen LogP contribution in [0.3, 0.4) is 0 Å². The zero-order chi connectivity index (χ0) is 15.6. The van der Waals surface area contributed by atoms with E-state index in [0.29, 0.717) is 6.61 Å². The van der Waals surface area contributed by atoms with Gasteiger partial charge in [0.1, 0.15) is 6.61 Å². The number of benzene rings is 2. The first-order valence-corrected chi connectivity index (χ1v) is 8.35. The molecular weight excluding hydrogens is 338 g/mol. The summed E-state index contributed by atoms with van der Waals surface area (Å²) in [7, 11) is 0. The number of rotatable bonds is 4. The summed E-state index contributed by atoms with van der Waals surface area (Å²) in [4.78, 5) is 4.80. The van der Waals surface area contributed by atoms with Gasteiger partial charge in [-0.2, -0.15) is 0 Å². The molecule has 0 spiro atoms. The van der Waals surface area contributed by atoms with E-state index in [2.05, 4.69) is 72.2 Å². The largest absolute Gasteiger partial charge is 0.478 e. The Labute approximate surface area is 140 Å². The highest BCUT2D eigenvalue weighted by molar-refractivity contribution is 9.10. The van der Waals surface area contributed by atoms with Crippen LogP contribution in [-0.2, 0) is 11.2 Å². The molecule has 0 saturated carbocycles. The Morgan fingerprint density at radius 1 is 1.09 bits per heavy atom. The number of hydrogen-bond acceptors (Lipinski definition) is 2. The monoisotopic (exact) mass is 357 g/mol. The lowest BCUT2D eigenvalue weighted by molar-refractivity contribution is 0.270. The van der Waals surface area contributed by atoms with Gasteiger partial charge in [0.05, 0.1) is 11.5 Å². The summed E-state index contributed by atoms with van der Waals surface area (Å²) in [6.45, 7) is 4.88. The summed E-state index contributed by atoms with van der Waals surface area (Å²) in [5.41, 5.74) is 2.39. The van der Waals surface area contributed by atoms with Crippen molar-refractivity contribution in [1.29, 1.82) is 0 Å². The molecule has 3 rings (SSSR count). The van der Waals surface area contributed by atoms with Crippen LogP contribution in [0.5, 0.6) is 0 Å². The first-order valence-electron chi connectivity index (χ1n) is 7.56. The van der Waals surface area contributed by atoms with Crippen molar-refractivity contribution in [3.8, 4) is 0 Å². The summed E-state index contributed by atoms with van der Waals surface area (Å²) < 4.78 is 7.06. The highest BCUT2D eigenvalue weighted by Gasteiger charge is 2.32. The second kappa shape index (κ2) is 6.25. The fourth-order valence-corrected chi connectivity index (χ4v) is 3.16. The molecule has 1 unspecified atom stereocenters. The number of halogens is 1. The predicted octanol–water partition coefficient (Wildman–Crippen LogP) is 4.98. The Bertz CT molecular complexity index is 679. The van der Waals surface area contributed by atoms with Crippen LogP contribution in [0.2, 0.25) is 0 Å². The van der Waals surface area contributed by atoms with Gasteiger partial charge in [-0.15, -0.1) is 0 Å². The molecule has 0 fully saturated rings. The Morgan fingerprint density at radius 3 is 2.41 bits per heavy atom. The molecule has 3 heteroatoms. The summed E-state index contributed by atoms with van der Waals surface area (Å²) in [5.74, 6) is 1.01. The van der Waals surface area contributed by atoms with Gasteiger partial charge in [0.25, 0.3) is 0 Å². The van der Waals surface area contributed by atoms with Gasteiger partial charge in [-0.25, -0.2) is 4.99 Å². The summed E-state index contributed by atoms with van der Waals surface area (Å²) in [6.07, 6.45) is 0.875. The Kier molecular flexibility index (Phi) is 4.34. The minimum Gasteiger partial charge on any atom is -0.478 e. The molecule has 0 aliphatic carbocycles. The van der Waals surface area contributed by atoms with Gasteiger partial charge in [-0.3, -0.25) is 0 Å². The van der Waals surface area contributed by atoms with E-state index in [1.165, 1.54) is 11.1 Å². The molecule has 114 valence electrons. The maximum absolute atomic E-state index is 5.93. The first kappa shape index (κ1) is 15.3. The normalized spacial score (nSPS) is 17.7. The van der Waals surface area contributed by atoms with Crippen molar-refractivity contribution in [3.05, 3.63) is 70.2 Å². The third-order valence-corrected chi connectivity index (χ3v) is 4.64. The van der Waals surface area contributed by atoms with E-state index in [-0.39, 0.29) is 11.5 Å². The third kappa shape index (κ3) is 3.41. The highest BCUT2D eigenvalue weighted by Crippen LogP contribution is 2.31. The van der Waals surface area contributed by atoms with Crippen molar-refractivity contribution in [3.63, 3.8) is 0 Å². The molecular formula is C19H20BrNO. The van der Waals surface area contributed by atoms with Gasteiger partial charge in [-0.05, 0) is 37.5 Å². The van der Waals surface area contributed by atoms with Crippen LogP contribution >= 0.6 is 15.9 Å². The molecule has 0 amide bonds. The van der Waals surface area contributed by atoms with Crippen LogP contribution in [0.25, 0.3) is 0 Å². The van der Waals surface area contributed by atoms with E-state index in [1.807, 2.05) is 12.1 Å². The lowest BCUT2D eigenvalue weighted by Gasteiger charge is -2.18. The maximum Gasteiger partial charge on any atom is 0.192 e. The van der Waals surface area contributed by atoms with Gasteiger partial charge in [0.2, 0.25) is 0 Å². The molecule has 2 aromatic carbocycles. The number of ether oxygens (including phenoxy) is 1. The zero-order valence-electron chi connectivity index (χ0n) is 12.9. The summed E-state index contributed by atoms with van der Waals surface area (Å²) in [5, 5.41) is 0. The molecule has 22 heavy (non-hydrogen) atoms. The lowest BCUT2D eigenvalue weighted by Crippen LogP contribution is -2.17. The van der Waals surface area contributed by atoms with Crippen molar-refractivity contribution in [2.45, 2.75) is 31.7 Å². The minimum atomic E-state index is -0.129. The molecule has 2 nitrogen and oxygen atoms in total. The van der Waals surface area contributed by atoms with Crippen LogP contribution in [-0.4, -0.2) is 18.0 Å². The fourth-order valence-electron chi connectivity index (χ4n) is 2.71. The maximum atomic E-state index is 5.93. The number of nitrogens with zero attached hydrogens (tertiary/aromatic N) is 1. The topological polar surface area (TPSA) is 21.6 Å². The molecule has 1 atom stereocenters. The van der Waals surface area contributed by atoms with Crippen molar-refractivity contribution in [1.82, 2.24) is 0 Å². The van der Waals surface area contributed by atoms with E-state index in [0.717, 1.165) is 16.8 Å². The summed E-state index contributed by atoms with van der Waals surface area (Å²) >= 11 is 3.65. The molecule has 0 saturated heterocycles. The average Bonchev–Trinajstić information content (AvgIpc) is 2.87. The standard InChI is InChI=1S/C19H20BrNO/c1-19(2)13-22-18(21-19)16(14-8-4-3-5-9-14)12-15-10-6-7-11-17(15)20/h3-11,16H,12-13H2,1-2H3. The van der Waals surface area contributed by atoms with E-state index < -0.39 is 0 Å². The highest BCUT2D eigenvalue weighted by atomic mass is 79.9. The molecule has 0 aromatic heterocycles. The van der Waals surface area contributed by atoms with Crippen molar-refractivity contribution < 1.29 is 4.74 Å². The lowest BCUT2D eigenvalue weighted by atomic mass is 9.91. The van der Waals surface area contributed by atoms with Crippen molar-refractivity contribution in [2.75, 3.05) is 6.61 Å². The number of hydrogen-bond donors (Lipinski definition) is 0. The Hall–Kier alpha value is -1.61. The molecule has 0 radical (unpaired) electrons. The van der Waals surface area contributed by atoms with Gasteiger partial charge in [-0.1, -0.05) is 64.5 Å². The number of aliphatic imine (C=N–C) groups is 1. The second-order valence-corrected chi connectivity index (χ2v) is 7.16. The molecule has 1 aliphatic rings. The summed E-state index contributed by atoms with van der Waals surface area (Å²) in [6, 6.07) is 18.8. The van der Waals surface area contributed by atoms with Crippen molar-refractivity contribution >= 4 is 21.8 Å². The van der Waals surface area contributed by atoms with Crippen LogP contribution in [0.4, 0.5) is 0 Å². The molecule has 0 N–H and O–H groups in total. The fraction of sp³-hybridized carbons (Fsp3) is 0.316. The van der Waals surface area contributed by atoms with Gasteiger partial charge in [0.15, 0.2) is 5.90 Å². The molecule has 1 heterocycles. The van der Waals surface area contributed by atoms with E-state index in [1.54, 1.807) is 0 Å². The average molecular weight is 358 g/mol.